The molecule has 5 atom stereocenters. The molecule has 2 saturated heterocycles. The van der Waals surface area contributed by atoms with Crippen molar-refractivity contribution in [2.45, 2.75) is 91.0 Å². The van der Waals surface area contributed by atoms with Crippen molar-refractivity contribution in [3.05, 3.63) is 58.7 Å². The smallest absolute Gasteiger partial charge is 0.202 e. The molecule has 1 aliphatic carbocycles. The van der Waals surface area contributed by atoms with Crippen LogP contribution < -0.4 is 0 Å². The third kappa shape index (κ3) is 3.97. The largest absolute Gasteiger partial charge is 0.384 e. The molecule has 0 radical (unpaired) electrons. The topological polar surface area (TPSA) is 75.2 Å². The monoisotopic (exact) mass is 462 g/mol. The summed E-state index contributed by atoms with van der Waals surface area (Å²) in [5, 5.41) is 12.1. The number of aromatic amines is 1. The van der Waals surface area contributed by atoms with Crippen LogP contribution in [0.4, 0.5) is 0 Å². The zero-order valence-electron chi connectivity index (χ0n) is 21.1. The summed E-state index contributed by atoms with van der Waals surface area (Å²) in [6.45, 7) is 10.8. The second-order valence-corrected chi connectivity index (χ2v) is 11.7. The van der Waals surface area contributed by atoms with Crippen molar-refractivity contribution in [3.8, 4) is 0 Å². The summed E-state index contributed by atoms with van der Waals surface area (Å²) in [7, 11) is 0. The summed E-state index contributed by atoms with van der Waals surface area (Å²) in [5.74, 6) is 0.440. The SMILES string of the molecule is Cc1cnc(C(=O)Cc2ccc(C3(O)[C@H](C)C4CC[C@@H](O4)[C@@H]3C)cc2C2=CCC(C)(C)CC2)[nH]1. The Hall–Kier alpha value is -2.24. The number of ketones is 1. The van der Waals surface area contributed by atoms with Gasteiger partial charge in [-0.05, 0) is 72.8 Å². The Balaban J connectivity index is 1.55. The quantitative estimate of drug-likeness (QED) is 0.554. The number of aryl methyl sites for hydroxylation is 1. The van der Waals surface area contributed by atoms with Crippen molar-refractivity contribution in [2.75, 3.05) is 0 Å². The van der Waals surface area contributed by atoms with Crippen LogP contribution in [0.1, 0.15) is 92.8 Å². The molecule has 2 unspecified atom stereocenters. The molecule has 0 spiro atoms. The summed E-state index contributed by atoms with van der Waals surface area (Å²) in [6, 6.07) is 6.29. The third-order valence-electron chi connectivity index (χ3n) is 8.80. The zero-order chi connectivity index (χ0) is 24.3. The number of allylic oxidation sites excluding steroid dienone is 2. The molecule has 2 fully saturated rings. The highest BCUT2D eigenvalue weighted by Crippen LogP contribution is 2.52. The molecule has 0 saturated carbocycles. The van der Waals surface area contributed by atoms with Gasteiger partial charge in [0.1, 0.15) is 0 Å². The average molecular weight is 463 g/mol. The Morgan fingerprint density at radius 1 is 1.21 bits per heavy atom. The van der Waals surface area contributed by atoms with Crippen LogP contribution in [0.5, 0.6) is 0 Å². The predicted octanol–water partition coefficient (Wildman–Crippen LogP) is 5.76. The van der Waals surface area contributed by atoms with E-state index in [2.05, 4.69) is 55.9 Å². The van der Waals surface area contributed by atoms with Gasteiger partial charge >= 0.3 is 0 Å². The van der Waals surface area contributed by atoms with Crippen LogP contribution in [0, 0.1) is 24.2 Å². The molecule has 182 valence electrons. The van der Waals surface area contributed by atoms with Gasteiger partial charge in [0.05, 0.1) is 17.8 Å². The molecule has 5 nitrogen and oxygen atoms in total. The molecule has 1 aromatic heterocycles. The number of aromatic nitrogens is 2. The summed E-state index contributed by atoms with van der Waals surface area (Å²) in [5.41, 5.74) is 4.61. The van der Waals surface area contributed by atoms with Crippen molar-refractivity contribution < 1.29 is 14.6 Å². The van der Waals surface area contributed by atoms with Gasteiger partial charge in [0.25, 0.3) is 0 Å². The lowest BCUT2D eigenvalue weighted by atomic mass is 9.68. The number of hydrogen-bond donors (Lipinski definition) is 2. The highest BCUT2D eigenvalue weighted by molar-refractivity contribution is 5.95. The molecular weight excluding hydrogens is 424 g/mol. The van der Waals surface area contributed by atoms with E-state index in [0.717, 1.165) is 54.5 Å². The van der Waals surface area contributed by atoms with Crippen molar-refractivity contribution in [2.24, 2.45) is 17.3 Å². The summed E-state index contributed by atoms with van der Waals surface area (Å²) >= 11 is 0. The first-order valence-corrected chi connectivity index (χ1v) is 12.8. The number of imidazole rings is 1. The fraction of sp³-hybridized carbons (Fsp3) is 0.586. The lowest BCUT2D eigenvalue weighted by Gasteiger charge is -2.47. The van der Waals surface area contributed by atoms with Crippen LogP contribution >= 0.6 is 0 Å². The van der Waals surface area contributed by atoms with Gasteiger partial charge < -0.3 is 14.8 Å². The number of carbonyl (C=O) groups excluding carboxylic acids is 1. The average Bonchev–Trinajstić information content (AvgIpc) is 3.45. The van der Waals surface area contributed by atoms with Gasteiger partial charge in [-0.1, -0.05) is 45.9 Å². The van der Waals surface area contributed by atoms with E-state index in [1.54, 1.807) is 6.20 Å². The predicted molar refractivity (Wildman–Crippen MR) is 134 cm³/mol. The van der Waals surface area contributed by atoms with Gasteiger partial charge in [0, 0.05) is 30.1 Å². The van der Waals surface area contributed by atoms with Crippen LogP contribution in [0.3, 0.4) is 0 Å². The third-order valence-corrected chi connectivity index (χ3v) is 8.80. The number of carbonyl (C=O) groups is 1. The Bertz CT molecular complexity index is 1110. The molecule has 5 heteroatoms. The maximum absolute atomic E-state index is 13.0. The Morgan fingerprint density at radius 3 is 2.50 bits per heavy atom. The van der Waals surface area contributed by atoms with Crippen LogP contribution in [-0.4, -0.2) is 33.1 Å². The normalized spacial score (nSPS) is 32.5. The van der Waals surface area contributed by atoms with E-state index in [4.69, 9.17) is 4.74 Å². The standard InChI is InChI=1S/C29H38N2O3/c1-17-16-30-27(31-17)24(32)14-21-6-7-22(15-23(21)20-10-12-28(4,5)13-11-20)29(33)18(2)25-8-9-26(34-25)19(29)3/h6-7,10,15-16,18-19,25-26,33H,8-9,11-14H2,1-5H3,(H,30,31)/t18-,19+,25+,26?,29?/m0/s1. The van der Waals surface area contributed by atoms with Crippen LogP contribution in [0.2, 0.25) is 0 Å². The van der Waals surface area contributed by atoms with Crippen molar-refractivity contribution in [3.63, 3.8) is 0 Å². The van der Waals surface area contributed by atoms with Crippen molar-refractivity contribution in [1.82, 2.24) is 9.97 Å². The molecule has 34 heavy (non-hydrogen) atoms. The number of benzene rings is 1. The number of hydrogen-bond acceptors (Lipinski definition) is 4. The van der Waals surface area contributed by atoms with E-state index in [9.17, 15) is 9.90 Å². The molecular formula is C29H38N2O3. The Morgan fingerprint density at radius 2 is 1.91 bits per heavy atom. The van der Waals surface area contributed by atoms with Crippen LogP contribution in [0.15, 0.2) is 30.5 Å². The highest BCUT2D eigenvalue weighted by atomic mass is 16.5. The fourth-order valence-electron chi connectivity index (χ4n) is 6.34. The Labute approximate surface area is 203 Å². The number of nitrogens with zero attached hydrogens (tertiary/aromatic N) is 1. The summed E-state index contributed by atoms with van der Waals surface area (Å²) < 4.78 is 6.21. The lowest BCUT2D eigenvalue weighted by molar-refractivity contribution is -0.194. The van der Waals surface area contributed by atoms with E-state index < -0.39 is 5.60 Å². The van der Waals surface area contributed by atoms with Gasteiger partial charge in [-0.15, -0.1) is 0 Å². The highest BCUT2D eigenvalue weighted by Gasteiger charge is 2.55. The van der Waals surface area contributed by atoms with Crippen LogP contribution in [0.25, 0.3) is 5.57 Å². The van der Waals surface area contributed by atoms with Crippen LogP contribution in [-0.2, 0) is 16.8 Å². The zero-order valence-corrected chi connectivity index (χ0v) is 21.1. The second kappa shape index (κ2) is 8.46. The summed E-state index contributed by atoms with van der Waals surface area (Å²) in [6.07, 6.45) is 9.69. The van der Waals surface area contributed by atoms with Gasteiger partial charge in [-0.25, -0.2) is 4.98 Å². The number of ether oxygens (including phenoxy) is 1. The van der Waals surface area contributed by atoms with Gasteiger partial charge in [-0.2, -0.15) is 0 Å². The van der Waals surface area contributed by atoms with E-state index >= 15 is 0 Å². The minimum Gasteiger partial charge on any atom is -0.384 e. The molecule has 2 aromatic rings. The van der Waals surface area contributed by atoms with E-state index in [1.807, 2.05) is 13.0 Å². The molecule has 3 heterocycles. The second-order valence-electron chi connectivity index (χ2n) is 11.7. The molecule has 3 aliphatic rings. The number of rotatable bonds is 5. The molecule has 2 N–H and O–H groups in total. The first-order valence-electron chi connectivity index (χ1n) is 12.8. The van der Waals surface area contributed by atoms with E-state index in [0.29, 0.717) is 17.7 Å². The molecule has 2 aliphatic heterocycles. The fourth-order valence-corrected chi connectivity index (χ4v) is 6.34. The maximum Gasteiger partial charge on any atom is 0.202 e. The molecule has 5 rings (SSSR count). The Kier molecular flexibility index (Phi) is 5.84. The van der Waals surface area contributed by atoms with Gasteiger partial charge in [0.2, 0.25) is 5.78 Å². The van der Waals surface area contributed by atoms with Gasteiger partial charge in [0.15, 0.2) is 5.82 Å². The number of aliphatic hydroxyl groups is 1. The minimum absolute atomic E-state index is 0.0107. The lowest BCUT2D eigenvalue weighted by Crippen LogP contribution is -2.52. The number of H-pyrrole nitrogens is 1. The molecule has 2 bridgehead atoms. The minimum atomic E-state index is -0.937. The molecule has 0 amide bonds. The number of fused-ring (bicyclic) bond motifs is 2. The van der Waals surface area contributed by atoms with Gasteiger partial charge in [-0.3, -0.25) is 4.79 Å². The first-order chi connectivity index (χ1) is 16.1. The van der Waals surface area contributed by atoms with E-state index in [1.165, 1.54) is 5.57 Å². The summed E-state index contributed by atoms with van der Waals surface area (Å²) in [4.78, 5) is 20.4. The number of Topliss-reactive ketones (excluding diaryl/α,β-unsaturated/α-hetero) is 1. The van der Waals surface area contributed by atoms with Crippen molar-refractivity contribution >= 4 is 11.4 Å². The molecule has 1 aromatic carbocycles. The van der Waals surface area contributed by atoms with E-state index in [-0.39, 0.29) is 29.8 Å². The first kappa shape index (κ1) is 23.5. The number of nitrogens with one attached hydrogen (secondary N) is 1. The van der Waals surface area contributed by atoms with Crippen molar-refractivity contribution in [1.29, 1.82) is 0 Å². The maximum atomic E-state index is 13.0.